The van der Waals surface area contributed by atoms with E-state index in [1.54, 1.807) is 37.3 Å². The number of carboxylic acid groups (broad SMARTS) is 1. The molecule has 12 atom stereocenters. The molecule has 4 saturated carbocycles. The first-order valence-corrected chi connectivity index (χ1v) is 21.1. The average Bonchev–Trinajstić information content (AvgIpc) is 3.53. The molecule has 5 N–H and O–H groups in total. The zero-order valence-electron chi connectivity index (χ0n) is 33.3. The molecule has 0 bridgehead atoms. The predicted molar refractivity (Wildman–Crippen MR) is 212 cm³/mol. The van der Waals surface area contributed by atoms with Crippen LogP contribution in [0.5, 0.6) is 0 Å². The fourth-order valence-electron chi connectivity index (χ4n) is 12.0. The summed E-state index contributed by atoms with van der Waals surface area (Å²) in [6, 6.07) is 15.2. The van der Waals surface area contributed by atoms with E-state index in [-0.39, 0.29) is 53.5 Å². The van der Waals surface area contributed by atoms with Gasteiger partial charge >= 0.3 is 5.97 Å². The fourth-order valence-corrected chi connectivity index (χ4v) is 12.0. The summed E-state index contributed by atoms with van der Waals surface area (Å²) >= 11 is 0. The highest BCUT2D eigenvalue weighted by atomic mass is 16.4. The van der Waals surface area contributed by atoms with Gasteiger partial charge in [0.05, 0.1) is 18.1 Å². The van der Waals surface area contributed by atoms with E-state index in [4.69, 9.17) is 0 Å². The molecule has 0 spiro atoms. The van der Waals surface area contributed by atoms with Crippen molar-refractivity contribution < 1.29 is 34.5 Å². The van der Waals surface area contributed by atoms with E-state index < -0.39 is 17.9 Å². The van der Waals surface area contributed by atoms with Crippen molar-refractivity contribution in [3.05, 3.63) is 71.3 Å². The maximum atomic E-state index is 13.1. The first kappa shape index (κ1) is 41.1. The molecule has 0 saturated heterocycles. The smallest absolute Gasteiger partial charge is 0.326 e. The van der Waals surface area contributed by atoms with Gasteiger partial charge < -0.3 is 26.0 Å². The van der Waals surface area contributed by atoms with Crippen LogP contribution in [0.2, 0.25) is 0 Å². The van der Waals surface area contributed by atoms with Crippen LogP contribution < -0.4 is 10.6 Å². The molecule has 0 aliphatic heterocycles. The zero-order valence-corrected chi connectivity index (χ0v) is 33.3. The lowest BCUT2D eigenvalue weighted by Crippen LogP contribution is -2.58. The third-order valence-electron chi connectivity index (χ3n) is 15.2. The molecule has 55 heavy (non-hydrogen) atoms. The topological polar surface area (TPSA) is 153 Å². The van der Waals surface area contributed by atoms with Gasteiger partial charge in [-0.05, 0) is 142 Å². The van der Waals surface area contributed by atoms with E-state index in [1.165, 1.54) is 0 Å². The molecule has 2 amide bonds. The van der Waals surface area contributed by atoms with Crippen molar-refractivity contribution in [2.75, 3.05) is 6.54 Å². The maximum Gasteiger partial charge on any atom is 0.326 e. The number of unbranched alkanes of at least 4 members (excludes halogenated alkanes) is 1. The number of rotatable bonds is 15. The average molecular weight is 757 g/mol. The van der Waals surface area contributed by atoms with E-state index in [0.29, 0.717) is 72.4 Å². The number of amides is 2. The number of aliphatic hydroxyl groups is 2. The Balaban J connectivity index is 0.929. The predicted octanol–water partition coefficient (Wildman–Crippen LogP) is 7.28. The molecule has 2 aromatic carbocycles. The molecular formula is C46H64N2O7. The molecule has 4 aliphatic carbocycles. The summed E-state index contributed by atoms with van der Waals surface area (Å²) in [5.41, 5.74) is 2.18. The van der Waals surface area contributed by atoms with Crippen LogP contribution in [0.4, 0.5) is 0 Å². The molecule has 9 heteroatoms. The van der Waals surface area contributed by atoms with E-state index in [1.807, 2.05) is 24.3 Å². The van der Waals surface area contributed by atoms with E-state index >= 15 is 0 Å². The van der Waals surface area contributed by atoms with Crippen molar-refractivity contribution in [3.63, 3.8) is 0 Å². The van der Waals surface area contributed by atoms with Gasteiger partial charge in [0.2, 0.25) is 11.8 Å². The number of carboxylic acids is 1. The number of benzene rings is 2. The molecule has 9 nitrogen and oxygen atoms in total. The van der Waals surface area contributed by atoms with Crippen LogP contribution in [0.3, 0.4) is 0 Å². The Bertz CT molecular complexity index is 1680. The summed E-state index contributed by atoms with van der Waals surface area (Å²) < 4.78 is 0. The minimum Gasteiger partial charge on any atom is -0.480 e. The van der Waals surface area contributed by atoms with E-state index in [2.05, 4.69) is 31.4 Å². The first-order chi connectivity index (χ1) is 26.2. The summed E-state index contributed by atoms with van der Waals surface area (Å²) in [6.45, 7) is 9.30. The molecule has 4 fully saturated rings. The highest BCUT2D eigenvalue weighted by Gasteiger charge is 2.62. The van der Waals surface area contributed by atoms with Crippen LogP contribution in [0, 0.1) is 46.3 Å². The number of fused-ring (bicyclic) bond motifs is 5. The highest BCUT2D eigenvalue weighted by Crippen LogP contribution is 2.68. The molecule has 0 heterocycles. The quantitative estimate of drug-likeness (QED) is 0.0946. The number of ketones is 1. The largest absolute Gasteiger partial charge is 0.480 e. The number of aliphatic hydroxyl groups excluding tert-OH is 2. The number of carbonyl (C=O) groups excluding carboxylic acids is 3. The van der Waals surface area contributed by atoms with Crippen molar-refractivity contribution in [3.8, 4) is 0 Å². The van der Waals surface area contributed by atoms with Gasteiger partial charge in [-0.1, -0.05) is 69.3 Å². The van der Waals surface area contributed by atoms with Crippen molar-refractivity contribution in [2.45, 2.75) is 135 Å². The Kier molecular flexibility index (Phi) is 12.9. The molecule has 2 aromatic rings. The second kappa shape index (κ2) is 17.3. The van der Waals surface area contributed by atoms with Gasteiger partial charge in [-0.3, -0.25) is 14.4 Å². The fraction of sp³-hybridized carbons (Fsp3) is 0.652. The molecular weight excluding hydrogens is 693 g/mol. The summed E-state index contributed by atoms with van der Waals surface area (Å²) in [5.74, 6) is 0.423. The normalized spacial score (nSPS) is 32.9. The van der Waals surface area contributed by atoms with Crippen molar-refractivity contribution in [1.82, 2.24) is 10.6 Å². The molecule has 0 aromatic heterocycles. The lowest BCUT2D eigenvalue weighted by Gasteiger charge is -2.62. The second-order valence-electron chi connectivity index (χ2n) is 18.3. The molecule has 1 unspecified atom stereocenters. The summed E-state index contributed by atoms with van der Waals surface area (Å²) in [4.78, 5) is 51.0. The van der Waals surface area contributed by atoms with Gasteiger partial charge in [0, 0.05) is 24.1 Å². The van der Waals surface area contributed by atoms with Crippen molar-refractivity contribution in [1.29, 1.82) is 0 Å². The van der Waals surface area contributed by atoms with E-state index in [0.717, 1.165) is 56.9 Å². The summed E-state index contributed by atoms with van der Waals surface area (Å²) in [5, 5.41) is 37.6. The Hall–Kier alpha value is -3.56. The Morgan fingerprint density at radius 1 is 0.818 bits per heavy atom. The standard InChI is InChI=1S/C46H64N2O7/c1-28(35-17-18-36-41-37(21-23-46(35,36)4)45(3)22-20-34(49)26-33(45)27-39(41)50)16-19-40(51)48-38(44(54)55)15-8-9-24-47-43(53)29(2)31-13-10-14-32(25-31)42(52)30-11-6-5-7-12-30/h5-7,10-14,25,28-29,33-39,41,49-50H,8-9,15-24,26-27H2,1-4H3,(H,47,53)(H,48,51)(H,54,55)/t28-,29?,33+,34-,35-,36+,37+,38+,39-,41+,45+,46-/m1/s1. The van der Waals surface area contributed by atoms with Gasteiger partial charge in [-0.2, -0.15) is 0 Å². The minimum absolute atomic E-state index is 0.0979. The SMILES string of the molecule is CC(C(=O)NCCCC[C@H](NC(=O)CC[C@@H](C)[C@H]1CC[C@H]2[C@@H]3[C@H](O)C[C@@H]4C[C@H](O)CC[C@]4(C)[C@H]3CC[C@]12C)C(=O)O)c1cccc(C(=O)c2ccccc2)c1. The number of hydrogen-bond acceptors (Lipinski definition) is 6. The van der Waals surface area contributed by atoms with Crippen LogP contribution in [0.15, 0.2) is 54.6 Å². The lowest BCUT2D eigenvalue weighted by atomic mass is 9.43. The Morgan fingerprint density at radius 2 is 1.53 bits per heavy atom. The molecule has 300 valence electrons. The second-order valence-corrected chi connectivity index (χ2v) is 18.3. The third kappa shape index (κ3) is 8.73. The monoisotopic (exact) mass is 756 g/mol. The summed E-state index contributed by atoms with van der Waals surface area (Å²) in [6.07, 6.45) is 9.83. The van der Waals surface area contributed by atoms with Crippen LogP contribution >= 0.6 is 0 Å². The molecule has 4 aliphatic rings. The highest BCUT2D eigenvalue weighted by molar-refractivity contribution is 6.09. The Morgan fingerprint density at radius 3 is 2.27 bits per heavy atom. The first-order valence-electron chi connectivity index (χ1n) is 21.1. The minimum atomic E-state index is -1.05. The van der Waals surface area contributed by atoms with Crippen LogP contribution in [-0.2, 0) is 14.4 Å². The van der Waals surface area contributed by atoms with Crippen LogP contribution in [0.1, 0.15) is 139 Å². The van der Waals surface area contributed by atoms with Gasteiger partial charge in [0.15, 0.2) is 5.78 Å². The van der Waals surface area contributed by atoms with Crippen LogP contribution in [0.25, 0.3) is 0 Å². The van der Waals surface area contributed by atoms with Gasteiger partial charge in [-0.15, -0.1) is 0 Å². The van der Waals surface area contributed by atoms with Gasteiger partial charge in [0.25, 0.3) is 0 Å². The number of carbonyl (C=O) groups is 4. The van der Waals surface area contributed by atoms with Gasteiger partial charge in [-0.25, -0.2) is 4.79 Å². The zero-order chi connectivity index (χ0) is 39.5. The Labute approximate surface area is 327 Å². The number of aliphatic carboxylic acids is 1. The summed E-state index contributed by atoms with van der Waals surface area (Å²) in [7, 11) is 0. The number of nitrogens with one attached hydrogen (secondary N) is 2. The van der Waals surface area contributed by atoms with Crippen molar-refractivity contribution in [2.24, 2.45) is 46.3 Å². The third-order valence-corrected chi connectivity index (χ3v) is 15.2. The van der Waals surface area contributed by atoms with E-state index in [9.17, 15) is 34.5 Å². The van der Waals surface area contributed by atoms with Crippen LogP contribution in [-0.4, -0.2) is 63.7 Å². The van der Waals surface area contributed by atoms with Crippen molar-refractivity contribution >= 4 is 23.6 Å². The lowest BCUT2D eigenvalue weighted by molar-refractivity contribution is -0.174. The molecule has 6 rings (SSSR count). The number of hydrogen-bond donors (Lipinski definition) is 5. The maximum absolute atomic E-state index is 13.1. The van der Waals surface area contributed by atoms with Gasteiger partial charge in [0.1, 0.15) is 6.04 Å². The molecule has 0 radical (unpaired) electrons.